The second-order valence-corrected chi connectivity index (χ2v) is 10.8. The number of carbonyl (C=O) groups is 2. The molecule has 2 saturated heterocycles. The first-order valence-electron chi connectivity index (χ1n) is 13.2. The second-order valence-electron chi connectivity index (χ2n) is 10.8. The van der Waals surface area contributed by atoms with Crippen LogP contribution in [0.25, 0.3) is 0 Å². The maximum atomic E-state index is 12.3. The van der Waals surface area contributed by atoms with Crippen molar-refractivity contribution >= 4 is 11.9 Å². The number of ether oxygens (including phenoxy) is 7. The molecular formula is C29H35NO10. The third-order valence-corrected chi connectivity index (χ3v) is 7.10. The summed E-state index contributed by atoms with van der Waals surface area (Å²) in [5.74, 6) is 0.215. The van der Waals surface area contributed by atoms with E-state index in [9.17, 15) is 14.7 Å². The normalized spacial score (nSPS) is 29.3. The van der Waals surface area contributed by atoms with E-state index in [0.29, 0.717) is 22.8 Å². The number of rotatable bonds is 8. The van der Waals surface area contributed by atoms with Crippen molar-refractivity contribution in [3.05, 3.63) is 53.6 Å². The van der Waals surface area contributed by atoms with Gasteiger partial charge in [0.15, 0.2) is 12.4 Å². The van der Waals surface area contributed by atoms with Crippen LogP contribution in [0.5, 0.6) is 17.2 Å². The Balaban J connectivity index is 1.45. The topological polar surface area (TPSA) is 131 Å². The van der Waals surface area contributed by atoms with Crippen molar-refractivity contribution in [2.45, 2.75) is 82.8 Å². The molecule has 0 radical (unpaired) electrons. The van der Waals surface area contributed by atoms with Gasteiger partial charge in [-0.2, -0.15) is 0 Å². The van der Waals surface area contributed by atoms with Gasteiger partial charge in [0, 0.05) is 25.0 Å². The lowest BCUT2D eigenvalue weighted by molar-refractivity contribution is -0.340. The first kappa shape index (κ1) is 28.2. The van der Waals surface area contributed by atoms with E-state index in [1.165, 1.54) is 13.8 Å². The zero-order chi connectivity index (χ0) is 28.6. The van der Waals surface area contributed by atoms with Crippen LogP contribution in [-0.2, 0) is 35.0 Å². The Morgan fingerprint density at radius 3 is 2.65 bits per heavy atom. The summed E-state index contributed by atoms with van der Waals surface area (Å²) in [5, 5.41) is 12.5. The number of hydrogen-bond donors (Lipinski definition) is 2. The van der Waals surface area contributed by atoms with Crippen LogP contribution in [0.2, 0.25) is 0 Å². The Bertz CT molecular complexity index is 1250. The Morgan fingerprint density at radius 1 is 1.15 bits per heavy atom. The molecule has 0 bridgehead atoms. The van der Waals surface area contributed by atoms with E-state index in [1.807, 2.05) is 44.2 Å². The molecule has 5 rings (SSSR count). The highest BCUT2D eigenvalue weighted by Gasteiger charge is 2.53. The first-order chi connectivity index (χ1) is 19.0. The van der Waals surface area contributed by atoms with Gasteiger partial charge in [0.25, 0.3) is 0 Å². The fraction of sp³-hybridized carbons (Fsp3) is 0.517. The van der Waals surface area contributed by atoms with E-state index in [1.54, 1.807) is 19.2 Å². The van der Waals surface area contributed by atoms with Gasteiger partial charge < -0.3 is 43.6 Å². The van der Waals surface area contributed by atoms with Crippen LogP contribution in [-0.4, -0.2) is 73.0 Å². The van der Waals surface area contributed by atoms with Gasteiger partial charge >= 0.3 is 5.97 Å². The number of methoxy groups -OCH3 is 1. The molecule has 0 saturated carbocycles. The van der Waals surface area contributed by atoms with Gasteiger partial charge in [-0.3, -0.25) is 4.79 Å². The highest BCUT2D eigenvalue weighted by Crippen LogP contribution is 2.41. The van der Waals surface area contributed by atoms with Crippen molar-refractivity contribution in [3.63, 3.8) is 0 Å². The van der Waals surface area contributed by atoms with Crippen molar-refractivity contribution in [3.8, 4) is 17.2 Å². The van der Waals surface area contributed by atoms with Crippen LogP contribution < -0.4 is 19.5 Å². The smallest absolute Gasteiger partial charge is 0.332 e. The lowest BCUT2D eigenvalue weighted by Crippen LogP contribution is -2.68. The van der Waals surface area contributed by atoms with E-state index >= 15 is 0 Å². The van der Waals surface area contributed by atoms with E-state index in [2.05, 4.69) is 5.32 Å². The fourth-order valence-electron chi connectivity index (χ4n) is 5.31. The van der Waals surface area contributed by atoms with Crippen molar-refractivity contribution in [2.24, 2.45) is 0 Å². The molecule has 1 amide bonds. The van der Waals surface area contributed by atoms with Gasteiger partial charge in [0.2, 0.25) is 12.2 Å². The summed E-state index contributed by atoms with van der Waals surface area (Å²) < 4.78 is 42.4. The van der Waals surface area contributed by atoms with Gasteiger partial charge in [-0.15, -0.1) is 0 Å². The summed E-state index contributed by atoms with van der Waals surface area (Å²) in [4.78, 5) is 24.1. The number of fused-ring (bicyclic) bond motifs is 2. The van der Waals surface area contributed by atoms with Crippen LogP contribution >= 0.6 is 0 Å². The number of nitrogens with one attached hydrogen (secondary N) is 1. The Kier molecular flexibility index (Phi) is 7.92. The highest BCUT2D eigenvalue weighted by atomic mass is 16.8. The zero-order valence-electron chi connectivity index (χ0n) is 23.1. The van der Waals surface area contributed by atoms with Crippen LogP contribution in [0.3, 0.4) is 0 Å². The Labute approximate surface area is 232 Å². The number of hydrogen-bond acceptors (Lipinski definition) is 9. The molecule has 0 aromatic heterocycles. The molecule has 0 aliphatic carbocycles. The molecule has 40 heavy (non-hydrogen) atoms. The summed E-state index contributed by atoms with van der Waals surface area (Å²) in [7, 11) is 1.55. The van der Waals surface area contributed by atoms with E-state index in [-0.39, 0.29) is 18.1 Å². The zero-order valence-corrected chi connectivity index (χ0v) is 23.1. The summed E-state index contributed by atoms with van der Waals surface area (Å²) in [5.41, 5.74) is 1.40. The maximum Gasteiger partial charge on any atom is 0.332 e. The monoisotopic (exact) mass is 557 g/mol. The average molecular weight is 558 g/mol. The molecule has 7 atom stereocenters. The lowest BCUT2D eigenvalue weighted by Gasteiger charge is -2.49. The molecule has 2 fully saturated rings. The summed E-state index contributed by atoms with van der Waals surface area (Å²) >= 11 is 0. The Hall–Kier alpha value is -3.38. The molecule has 2 aromatic carbocycles. The molecular weight excluding hydrogens is 522 g/mol. The van der Waals surface area contributed by atoms with Gasteiger partial charge in [-0.05, 0) is 38.5 Å². The number of carboxylic acid groups (broad SMARTS) is 1. The van der Waals surface area contributed by atoms with E-state index in [0.717, 1.165) is 12.0 Å². The van der Waals surface area contributed by atoms with E-state index in [4.69, 9.17) is 33.2 Å². The minimum atomic E-state index is -1.20. The van der Waals surface area contributed by atoms with E-state index < -0.39 is 49.0 Å². The summed E-state index contributed by atoms with van der Waals surface area (Å²) in [6.07, 6.45) is -4.75. The molecule has 3 heterocycles. The van der Waals surface area contributed by atoms with Crippen molar-refractivity contribution in [1.29, 1.82) is 0 Å². The van der Waals surface area contributed by atoms with Crippen LogP contribution in [0, 0.1) is 0 Å². The fourth-order valence-corrected chi connectivity index (χ4v) is 5.31. The predicted octanol–water partition coefficient (Wildman–Crippen LogP) is 2.99. The van der Waals surface area contributed by atoms with Crippen LogP contribution in [0.1, 0.15) is 45.1 Å². The molecule has 11 nitrogen and oxygen atoms in total. The third-order valence-electron chi connectivity index (χ3n) is 7.10. The second kappa shape index (κ2) is 11.2. The maximum absolute atomic E-state index is 12.3. The van der Waals surface area contributed by atoms with Crippen molar-refractivity contribution < 1.29 is 47.9 Å². The number of carbonyl (C=O) groups excluding carboxylic acids is 1. The molecule has 216 valence electrons. The average Bonchev–Trinajstić information content (AvgIpc) is 3.22. The predicted molar refractivity (Wildman–Crippen MR) is 140 cm³/mol. The standard InChI is InChI=1S/C29H35NO10/c1-15(26(32)33)36-25-23(30-16(2)31)28(37-18-11-10-17-13-29(3,4)40-21(17)12-18)38-22-14-35-27(39-24(22)25)19-8-6-7-9-20(19)34-5/h6-12,15,22-25,27-28H,13-14H2,1-5H3,(H,30,31)(H,32,33). The first-order valence-corrected chi connectivity index (χ1v) is 13.2. The molecule has 11 heteroatoms. The Morgan fingerprint density at radius 2 is 1.93 bits per heavy atom. The van der Waals surface area contributed by atoms with Crippen molar-refractivity contribution in [1.82, 2.24) is 5.32 Å². The number of aliphatic carboxylic acids is 1. The minimum Gasteiger partial charge on any atom is -0.496 e. The van der Waals surface area contributed by atoms with Crippen LogP contribution in [0.4, 0.5) is 0 Å². The molecule has 2 aromatic rings. The highest BCUT2D eigenvalue weighted by molar-refractivity contribution is 5.73. The lowest BCUT2D eigenvalue weighted by atomic mass is 9.95. The number of para-hydroxylation sites is 1. The summed E-state index contributed by atoms with van der Waals surface area (Å²) in [6.45, 7) is 6.90. The van der Waals surface area contributed by atoms with Gasteiger partial charge in [-0.1, -0.05) is 24.3 Å². The van der Waals surface area contributed by atoms with Crippen molar-refractivity contribution in [2.75, 3.05) is 13.7 Å². The van der Waals surface area contributed by atoms with Gasteiger partial charge in [0.05, 0.1) is 13.7 Å². The number of amides is 1. The molecule has 7 unspecified atom stereocenters. The largest absolute Gasteiger partial charge is 0.496 e. The SMILES string of the molecule is COc1ccccc1C1OCC2OC(Oc3ccc4c(c3)OC(C)(C)C4)C(NC(C)=O)C(OC(C)C(=O)O)C2O1. The number of benzene rings is 2. The number of carboxylic acids is 1. The molecule has 3 aliphatic rings. The van der Waals surface area contributed by atoms with Gasteiger partial charge in [-0.25, -0.2) is 4.79 Å². The molecule has 2 N–H and O–H groups in total. The molecule has 0 spiro atoms. The minimum absolute atomic E-state index is 0.100. The molecule has 3 aliphatic heterocycles. The third kappa shape index (κ3) is 5.87. The quantitative estimate of drug-likeness (QED) is 0.499. The van der Waals surface area contributed by atoms with Gasteiger partial charge in [0.1, 0.15) is 47.2 Å². The van der Waals surface area contributed by atoms with Crippen LogP contribution in [0.15, 0.2) is 42.5 Å². The summed E-state index contributed by atoms with van der Waals surface area (Å²) in [6, 6.07) is 11.9.